The lowest BCUT2D eigenvalue weighted by molar-refractivity contribution is 0.0454. The number of carbonyl (C=O) groups excluding carboxylic acids is 1. The highest BCUT2D eigenvalue weighted by Crippen LogP contribution is 2.46. The summed E-state index contributed by atoms with van der Waals surface area (Å²) in [5, 5.41) is 11.2. The maximum absolute atomic E-state index is 13.4. The average molecular weight is 613 g/mol. The van der Waals surface area contributed by atoms with Crippen LogP contribution in [-0.2, 0) is 21.9 Å². The fourth-order valence-electron chi connectivity index (χ4n) is 7.53. The first-order chi connectivity index (χ1) is 20.1. The zero-order valence-corrected chi connectivity index (χ0v) is 26.0. The Labute approximate surface area is 254 Å². The summed E-state index contributed by atoms with van der Waals surface area (Å²) in [4.78, 5) is 15.7. The monoisotopic (exact) mass is 612 g/mol. The van der Waals surface area contributed by atoms with Crippen molar-refractivity contribution in [1.82, 2.24) is 4.72 Å². The summed E-state index contributed by atoms with van der Waals surface area (Å²) in [5.41, 5.74) is 3.34. The lowest BCUT2D eigenvalue weighted by Crippen LogP contribution is -2.49. The van der Waals surface area contributed by atoms with Crippen molar-refractivity contribution in [3.05, 3.63) is 70.3 Å². The maximum atomic E-state index is 13.4. The van der Waals surface area contributed by atoms with E-state index in [4.69, 9.17) is 16.3 Å². The summed E-state index contributed by atoms with van der Waals surface area (Å²) < 4.78 is 35.5. The van der Waals surface area contributed by atoms with Crippen molar-refractivity contribution >= 4 is 33.2 Å². The molecular weight excluding hydrogens is 572 g/mol. The molecule has 1 spiro atoms. The quantitative estimate of drug-likeness (QED) is 0.405. The highest BCUT2D eigenvalue weighted by molar-refractivity contribution is 7.90. The van der Waals surface area contributed by atoms with E-state index < -0.39 is 27.3 Å². The van der Waals surface area contributed by atoms with Crippen molar-refractivity contribution in [1.29, 1.82) is 0 Å². The number of anilines is 1. The number of aryl methyl sites for hydroxylation is 1. The molecule has 1 saturated carbocycles. The number of allylic oxidation sites excluding steroid dienone is 1. The molecule has 0 unspecified atom stereocenters. The Kier molecular flexibility index (Phi) is 8.09. The van der Waals surface area contributed by atoms with Crippen LogP contribution in [-0.4, -0.2) is 50.5 Å². The third-order valence-corrected chi connectivity index (χ3v) is 12.2. The molecule has 2 aromatic carbocycles. The summed E-state index contributed by atoms with van der Waals surface area (Å²) in [6.45, 7) is 5.69. The zero-order valence-electron chi connectivity index (χ0n) is 24.4. The van der Waals surface area contributed by atoms with Gasteiger partial charge in [0.1, 0.15) is 5.75 Å². The fraction of sp³-hybridized carbons (Fsp3) is 0.545. The molecule has 42 heavy (non-hydrogen) atoms. The minimum absolute atomic E-state index is 0.0592. The van der Waals surface area contributed by atoms with Crippen LogP contribution < -0.4 is 14.4 Å². The molecule has 226 valence electrons. The number of amides is 1. The number of sulfonamides is 1. The van der Waals surface area contributed by atoms with Crippen LogP contribution in [0.1, 0.15) is 73.9 Å². The first-order valence-electron chi connectivity index (χ1n) is 15.3. The highest BCUT2D eigenvalue weighted by atomic mass is 35.5. The Balaban J connectivity index is 1.42. The van der Waals surface area contributed by atoms with Gasteiger partial charge in [-0.1, -0.05) is 43.7 Å². The molecule has 1 amide bonds. The summed E-state index contributed by atoms with van der Waals surface area (Å²) in [5.74, 6) is 0.408. The van der Waals surface area contributed by atoms with Gasteiger partial charge in [0.2, 0.25) is 10.0 Å². The second-order valence-corrected chi connectivity index (χ2v) is 15.3. The van der Waals surface area contributed by atoms with E-state index in [-0.39, 0.29) is 28.7 Å². The van der Waals surface area contributed by atoms with Gasteiger partial charge in [0.15, 0.2) is 0 Å². The van der Waals surface area contributed by atoms with Crippen LogP contribution in [0, 0.1) is 17.8 Å². The number of halogens is 1. The van der Waals surface area contributed by atoms with Gasteiger partial charge < -0.3 is 14.7 Å². The number of nitrogens with one attached hydrogen (secondary N) is 1. The van der Waals surface area contributed by atoms with Gasteiger partial charge in [-0.3, -0.25) is 4.79 Å². The molecule has 2 aromatic rings. The van der Waals surface area contributed by atoms with Crippen LogP contribution >= 0.6 is 11.6 Å². The minimum Gasteiger partial charge on any atom is -0.490 e. The van der Waals surface area contributed by atoms with E-state index >= 15 is 0 Å². The summed E-state index contributed by atoms with van der Waals surface area (Å²) in [6, 6.07) is 11.4. The smallest absolute Gasteiger partial charge is 0.264 e. The Morgan fingerprint density at radius 3 is 2.76 bits per heavy atom. The standard InChI is InChI=1S/C33H41ClN2O5S/c1-3-26-15-21(2)6-12-30(37)27-10-7-24(27)18-36-19-33(14-4-5-22-16-25(34)9-11-28(22)33)20-41-31-13-8-23(17-29(31)36)32(38)35-42(26,39)40/h6,8-9,11-13,16-17,21,24,26-27,30,37H,3-5,7,10,14-15,18-20H2,1-2H3,(H,35,38)/b12-6-/t21-,24+,26-,27-,30+,33+/m1/s1. The van der Waals surface area contributed by atoms with Crippen molar-refractivity contribution in [3.63, 3.8) is 0 Å². The largest absolute Gasteiger partial charge is 0.490 e. The van der Waals surface area contributed by atoms with E-state index in [1.54, 1.807) is 18.2 Å². The van der Waals surface area contributed by atoms with Crippen molar-refractivity contribution < 1.29 is 23.1 Å². The number of aliphatic hydroxyl groups excluding tert-OH is 1. The topological polar surface area (TPSA) is 95.9 Å². The van der Waals surface area contributed by atoms with Crippen LogP contribution in [0.15, 0.2) is 48.6 Å². The van der Waals surface area contributed by atoms with Crippen molar-refractivity contribution in [2.24, 2.45) is 17.8 Å². The van der Waals surface area contributed by atoms with Crippen LogP contribution in [0.5, 0.6) is 5.75 Å². The molecule has 2 bridgehead atoms. The van der Waals surface area contributed by atoms with E-state index in [0.717, 1.165) is 42.8 Å². The molecule has 6 atom stereocenters. The molecule has 2 aliphatic heterocycles. The Morgan fingerprint density at radius 1 is 1.17 bits per heavy atom. The maximum Gasteiger partial charge on any atom is 0.264 e. The molecule has 1 fully saturated rings. The third-order valence-electron chi connectivity index (χ3n) is 10.1. The number of hydrogen-bond donors (Lipinski definition) is 2. The first kappa shape index (κ1) is 29.5. The SMILES string of the molecule is CC[C@@H]1C[C@H](C)/C=C\[C@H](O)[C@@H]2CC[C@H]2CN2C[C@@]3(CCCc4cc(Cl)ccc43)COc3ccc(cc32)C(=O)NS1(=O)=O. The molecule has 6 rings (SSSR count). The molecular formula is C33H41ClN2O5S. The predicted octanol–water partition coefficient (Wildman–Crippen LogP) is 5.63. The molecule has 2 aliphatic carbocycles. The number of benzene rings is 2. The van der Waals surface area contributed by atoms with E-state index in [1.807, 2.05) is 32.1 Å². The van der Waals surface area contributed by atoms with Crippen molar-refractivity contribution in [2.45, 2.75) is 75.6 Å². The van der Waals surface area contributed by atoms with E-state index in [0.29, 0.717) is 38.3 Å². The molecule has 4 aliphatic rings. The summed E-state index contributed by atoms with van der Waals surface area (Å²) in [7, 11) is -3.91. The Bertz CT molecular complexity index is 1490. The number of ether oxygens (including phenoxy) is 1. The second-order valence-electron chi connectivity index (χ2n) is 12.9. The van der Waals surface area contributed by atoms with Crippen LogP contribution in [0.2, 0.25) is 5.02 Å². The molecule has 0 aromatic heterocycles. The Hall–Kier alpha value is -2.55. The van der Waals surface area contributed by atoms with Gasteiger partial charge in [0, 0.05) is 29.1 Å². The second kappa shape index (κ2) is 11.5. The van der Waals surface area contributed by atoms with Crippen LogP contribution in [0.3, 0.4) is 0 Å². The molecule has 0 saturated heterocycles. The van der Waals surface area contributed by atoms with Crippen molar-refractivity contribution in [2.75, 3.05) is 24.6 Å². The van der Waals surface area contributed by atoms with Crippen LogP contribution in [0.4, 0.5) is 5.69 Å². The fourth-order valence-corrected chi connectivity index (χ4v) is 9.27. The van der Waals surface area contributed by atoms with Gasteiger partial charge in [-0.25, -0.2) is 13.1 Å². The number of fused-ring (bicyclic) bond motifs is 4. The number of rotatable bonds is 1. The van der Waals surface area contributed by atoms with E-state index in [2.05, 4.69) is 21.8 Å². The van der Waals surface area contributed by atoms with Crippen molar-refractivity contribution in [3.8, 4) is 5.75 Å². The predicted molar refractivity (Wildman–Crippen MR) is 166 cm³/mol. The van der Waals surface area contributed by atoms with Gasteiger partial charge in [0.25, 0.3) is 5.91 Å². The van der Waals surface area contributed by atoms with Gasteiger partial charge in [-0.15, -0.1) is 0 Å². The number of nitrogens with zero attached hydrogens (tertiary/aromatic N) is 1. The lowest BCUT2D eigenvalue weighted by atomic mass is 9.68. The minimum atomic E-state index is -3.91. The first-order valence-corrected chi connectivity index (χ1v) is 17.2. The average Bonchev–Trinajstić information content (AvgIpc) is 3.09. The Morgan fingerprint density at radius 2 is 2.00 bits per heavy atom. The number of hydrogen-bond acceptors (Lipinski definition) is 6. The van der Waals surface area contributed by atoms with Gasteiger partial charge >= 0.3 is 0 Å². The third kappa shape index (κ3) is 5.58. The zero-order chi connectivity index (χ0) is 29.6. The molecule has 9 heteroatoms. The summed E-state index contributed by atoms with van der Waals surface area (Å²) in [6.07, 6.45) is 8.89. The number of aliphatic hydroxyl groups is 1. The van der Waals surface area contributed by atoms with E-state index in [1.165, 1.54) is 11.1 Å². The molecule has 2 heterocycles. The van der Waals surface area contributed by atoms with E-state index in [9.17, 15) is 18.3 Å². The normalized spacial score (nSPS) is 33.3. The molecule has 7 nitrogen and oxygen atoms in total. The highest BCUT2D eigenvalue weighted by Gasteiger charge is 2.44. The molecule has 2 N–H and O–H groups in total. The van der Waals surface area contributed by atoms with Gasteiger partial charge in [-0.2, -0.15) is 0 Å². The summed E-state index contributed by atoms with van der Waals surface area (Å²) >= 11 is 6.39. The van der Waals surface area contributed by atoms with Gasteiger partial charge in [-0.05, 0) is 104 Å². The lowest BCUT2D eigenvalue weighted by Gasteiger charge is -2.45. The van der Waals surface area contributed by atoms with Gasteiger partial charge in [0.05, 0.1) is 23.6 Å². The molecule has 0 radical (unpaired) electrons. The number of carbonyl (C=O) groups is 1. The van der Waals surface area contributed by atoms with Crippen LogP contribution in [0.25, 0.3) is 0 Å².